The van der Waals surface area contributed by atoms with Gasteiger partial charge in [0.15, 0.2) is 0 Å². The third kappa shape index (κ3) is 2.44. The first-order valence-corrected chi connectivity index (χ1v) is 4.72. The quantitative estimate of drug-likeness (QED) is 0.648. The molecule has 12 heavy (non-hydrogen) atoms. The Morgan fingerprint density at radius 1 is 1.33 bits per heavy atom. The van der Waals surface area contributed by atoms with Crippen LogP contribution >= 0.6 is 0 Å². The second-order valence-electron chi connectivity index (χ2n) is 4.84. The van der Waals surface area contributed by atoms with E-state index in [1.54, 1.807) is 6.92 Å². The molecule has 1 N–H and O–H groups in total. The Labute approximate surface area is 74.0 Å². The van der Waals surface area contributed by atoms with Crippen LogP contribution in [0.25, 0.3) is 0 Å². The van der Waals surface area contributed by atoms with E-state index in [0.717, 1.165) is 12.8 Å². The monoisotopic (exact) mass is 174 g/mol. The van der Waals surface area contributed by atoms with Crippen molar-refractivity contribution in [1.82, 2.24) is 0 Å². The van der Waals surface area contributed by atoms with E-state index in [4.69, 9.17) is 0 Å². The Bertz CT molecular complexity index is 148. The highest BCUT2D eigenvalue weighted by Gasteiger charge is 2.36. The van der Waals surface area contributed by atoms with Crippen molar-refractivity contribution in [3.8, 4) is 0 Å². The summed E-state index contributed by atoms with van der Waals surface area (Å²) in [6.07, 6.45) is 2.83. The normalized spacial score (nSPS) is 38.2. The van der Waals surface area contributed by atoms with Crippen molar-refractivity contribution in [2.75, 3.05) is 0 Å². The first-order chi connectivity index (χ1) is 5.31. The highest BCUT2D eigenvalue weighted by molar-refractivity contribution is 4.88. The highest BCUT2D eigenvalue weighted by Crippen LogP contribution is 2.39. The van der Waals surface area contributed by atoms with Gasteiger partial charge in [0.25, 0.3) is 0 Å². The van der Waals surface area contributed by atoms with Gasteiger partial charge in [-0.1, -0.05) is 0 Å². The van der Waals surface area contributed by atoms with Gasteiger partial charge in [0.1, 0.15) is 5.67 Å². The van der Waals surface area contributed by atoms with Gasteiger partial charge in [0.05, 0.1) is 5.60 Å². The standard InChI is InChI=1S/C10H19FO/c1-9(2,12)8-4-6-10(3,11)7-5-8/h8,12H,4-7H2,1-3H3. The summed E-state index contributed by atoms with van der Waals surface area (Å²) < 4.78 is 13.4. The lowest BCUT2D eigenvalue weighted by Crippen LogP contribution is -2.37. The zero-order valence-electron chi connectivity index (χ0n) is 8.23. The number of hydrogen-bond donors (Lipinski definition) is 1. The first kappa shape index (κ1) is 9.97. The lowest BCUT2D eigenvalue weighted by atomic mass is 9.74. The third-order valence-corrected chi connectivity index (χ3v) is 3.03. The first-order valence-electron chi connectivity index (χ1n) is 4.72. The summed E-state index contributed by atoms with van der Waals surface area (Å²) in [4.78, 5) is 0. The summed E-state index contributed by atoms with van der Waals surface area (Å²) in [6, 6.07) is 0. The summed E-state index contributed by atoms with van der Waals surface area (Å²) in [6.45, 7) is 5.30. The van der Waals surface area contributed by atoms with E-state index >= 15 is 0 Å². The van der Waals surface area contributed by atoms with Crippen LogP contribution in [0.15, 0.2) is 0 Å². The van der Waals surface area contributed by atoms with Crippen LogP contribution in [0.3, 0.4) is 0 Å². The average molecular weight is 174 g/mol. The number of alkyl halides is 1. The van der Waals surface area contributed by atoms with Crippen LogP contribution < -0.4 is 0 Å². The summed E-state index contributed by atoms with van der Waals surface area (Å²) in [5, 5.41) is 9.69. The molecular formula is C10H19FO. The van der Waals surface area contributed by atoms with Gasteiger partial charge < -0.3 is 5.11 Å². The van der Waals surface area contributed by atoms with Gasteiger partial charge in [-0.15, -0.1) is 0 Å². The summed E-state index contributed by atoms with van der Waals surface area (Å²) in [5.41, 5.74) is -1.61. The van der Waals surface area contributed by atoms with Crippen molar-refractivity contribution in [2.45, 2.75) is 57.7 Å². The lowest BCUT2D eigenvalue weighted by molar-refractivity contribution is -0.0241. The molecule has 1 aliphatic carbocycles. The Morgan fingerprint density at radius 2 is 1.75 bits per heavy atom. The number of aliphatic hydroxyl groups is 1. The molecule has 0 spiro atoms. The zero-order chi connectivity index (χ0) is 9.41. The van der Waals surface area contributed by atoms with Gasteiger partial charge in [0.2, 0.25) is 0 Å². The molecule has 0 aromatic heterocycles. The fraction of sp³-hybridized carbons (Fsp3) is 1.00. The summed E-state index contributed by atoms with van der Waals surface area (Å²) in [5.74, 6) is 0.279. The number of hydrogen-bond acceptors (Lipinski definition) is 1. The Hall–Kier alpha value is -0.110. The van der Waals surface area contributed by atoms with Gasteiger partial charge in [-0.2, -0.15) is 0 Å². The molecule has 0 saturated heterocycles. The van der Waals surface area contributed by atoms with Crippen LogP contribution in [-0.4, -0.2) is 16.4 Å². The third-order valence-electron chi connectivity index (χ3n) is 3.03. The lowest BCUT2D eigenvalue weighted by Gasteiger charge is -2.37. The van der Waals surface area contributed by atoms with Crippen LogP contribution in [0.2, 0.25) is 0 Å². The maximum Gasteiger partial charge on any atom is 0.108 e. The van der Waals surface area contributed by atoms with Crippen molar-refractivity contribution in [1.29, 1.82) is 0 Å². The summed E-state index contributed by atoms with van der Waals surface area (Å²) in [7, 11) is 0. The van der Waals surface area contributed by atoms with E-state index in [1.165, 1.54) is 0 Å². The fourth-order valence-corrected chi connectivity index (χ4v) is 1.93. The molecule has 0 aromatic rings. The smallest absolute Gasteiger partial charge is 0.108 e. The van der Waals surface area contributed by atoms with E-state index < -0.39 is 11.3 Å². The highest BCUT2D eigenvalue weighted by atomic mass is 19.1. The van der Waals surface area contributed by atoms with Crippen molar-refractivity contribution in [3.05, 3.63) is 0 Å². The molecule has 0 bridgehead atoms. The van der Waals surface area contributed by atoms with Gasteiger partial charge in [-0.25, -0.2) is 4.39 Å². The molecule has 0 aliphatic heterocycles. The van der Waals surface area contributed by atoms with Gasteiger partial charge in [-0.05, 0) is 52.4 Å². The van der Waals surface area contributed by atoms with E-state index in [-0.39, 0.29) is 5.92 Å². The average Bonchev–Trinajstić information content (AvgIpc) is 1.83. The molecule has 1 fully saturated rings. The van der Waals surface area contributed by atoms with Crippen molar-refractivity contribution in [2.24, 2.45) is 5.92 Å². The minimum Gasteiger partial charge on any atom is -0.390 e. The predicted octanol–water partition coefficient (Wildman–Crippen LogP) is 2.68. The van der Waals surface area contributed by atoms with Crippen LogP contribution in [0.5, 0.6) is 0 Å². The van der Waals surface area contributed by atoms with Crippen LogP contribution in [-0.2, 0) is 0 Å². The predicted molar refractivity (Wildman–Crippen MR) is 47.8 cm³/mol. The molecule has 0 amide bonds. The molecule has 0 atom stereocenters. The molecule has 1 nitrogen and oxygen atoms in total. The molecule has 0 radical (unpaired) electrons. The van der Waals surface area contributed by atoms with Crippen molar-refractivity contribution < 1.29 is 9.50 Å². The molecule has 2 heteroatoms. The minimum absolute atomic E-state index is 0.279. The number of rotatable bonds is 1. The molecule has 0 heterocycles. The van der Waals surface area contributed by atoms with E-state index in [1.807, 2.05) is 13.8 Å². The maximum atomic E-state index is 13.4. The van der Waals surface area contributed by atoms with E-state index in [9.17, 15) is 9.50 Å². The maximum absolute atomic E-state index is 13.4. The largest absolute Gasteiger partial charge is 0.390 e. The Kier molecular flexibility index (Phi) is 2.48. The molecule has 0 aromatic carbocycles. The Balaban J connectivity index is 2.47. The summed E-state index contributed by atoms with van der Waals surface area (Å²) >= 11 is 0. The second kappa shape index (κ2) is 2.99. The van der Waals surface area contributed by atoms with Crippen LogP contribution in [0.1, 0.15) is 46.5 Å². The van der Waals surface area contributed by atoms with Crippen LogP contribution in [0.4, 0.5) is 4.39 Å². The molecule has 72 valence electrons. The molecule has 1 saturated carbocycles. The number of halogens is 1. The van der Waals surface area contributed by atoms with Gasteiger partial charge >= 0.3 is 0 Å². The molecular weight excluding hydrogens is 155 g/mol. The van der Waals surface area contributed by atoms with Gasteiger partial charge in [-0.3, -0.25) is 0 Å². The van der Waals surface area contributed by atoms with Crippen molar-refractivity contribution in [3.63, 3.8) is 0 Å². The minimum atomic E-state index is -0.984. The van der Waals surface area contributed by atoms with Crippen LogP contribution in [0, 0.1) is 5.92 Å². The van der Waals surface area contributed by atoms with Crippen molar-refractivity contribution >= 4 is 0 Å². The second-order valence-corrected chi connectivity index (χ2v) is 4.84. The zero-order valence-corrected chi connectivity index (χ0v) is 8.23. The molecule has 0 unspecified atom stereocenters. The van der Waals surface area contributed by atoms with E-state index in [0.29, 0.717) is 12.8 Å². The topological polar surface area (TPSA) is 20.2 Å². The molecule has 1 aliphatic rings. The molecule has 1 rings (SSSR count). The Morgan fingerprint density at radius 3 is 2.08 bits per heavy atom. The van der Waals surface area contributed by atoms with E-state index in [2.05, 4.69) is 0 Å². The van der Waals surface area contributed by atoms with Gasteiger partial charge in [0, 0.05) is 0 Å². The SMILES string of the molecule is CC1(F)CCC(C(C)(C)O)CC1. The fourth-order valence-electron chi connectivity index (χ4n) is 1.93.